The second kappa shape index (κ2) is 10.8. The van der Waals surface area contributed by atoms with E-state index < -0.39 is 5.79 Å². The van der Waals surface area contributed by atoms with Gasteiger partial charge < -0.3 is 14.2 Å². The summed E-state index contributed by atoms with van der Waals surface area (Å²) in [6.07, 6.45) is 4.48. The summed E-state index contributed by atoms with van der Waals surface area (Å²) in [6, 6.07) is 8.68. The lowest BCUT2D eigenvalue weighted by Gasteiger charge is -2.40. The SMILES string of the molecule is CC.COC(=O)CC1CC(CCc2c(C)nc3c(c2C)Cc2ccccc2C3)OC(C)(C)O1. The van der Waals surface area contributed by atoms with Crippen LogP contribution in [-0.2, 0) is 38.3 Å². The molecule has 2 aliphatic rings. The van der Waals surface area contributed by atoms with Crippen molar-refractivity contribution in [1.29, 1.82) is 0 Å². The Balaban J connectivity index is 0.00000149. The molecule has 0 amide bonds. The van der Waals surface area contributed by atoms with Gasteiger partial charge in [-0.25, -0.2) is 0 Å². The Morgan fingerprint density at radius 2 is 1.73 bits per heavy atom. The van der Waals surface area contributed by atoms with E-state index in [9.17, 15) is 4.79 Å². The minimum atomic E-state index is -0.705. The molecule has 0 saturated carbocycles. The number of pyridine rings is 1. The van der Waals surface area contributed by atoms with E-state index >= 15 is 0 Å². The third kappa shape index (κ3) is 6.01. The fourth-order valence-electron chi connectivity index (χ4n) is 5.13. The van der Waals surface area contributed by atoms with Crippen LogP contribution < -0.4 is 0 Å². The molecule has 5 heteroatoms. The Morgan fingerprint density at radius 1 is 1.09 bits per heavy atom. The summed E-state index contributed by atoms with van der Waals surface area (Å²) in [5.74, 6) is -0.948. The summed E-state index contributed by atoms with van der Waals surface area (Å²) in [5.41, 5.74) is 9.23. The van der Waals surface area contributed by atoms with Gasteiger partial charge in [0.2, 0.25) is 0 Å². The van der Waals surface area contributed by atoms with Crippen molar-refractivity contribution in [3.63, 3.8) is 0 Å². The second-order valence-electron chi connectivity index (χ2n) is 9.28. The number of nitrogens with zero attached hydrogens (tertiary/aromatic N) is 1. The zero-order valence-corrected chi connectivity index (χ0v) is 21.3. The van der Waals surface area contributed by atoms with Gasteiger partial charge >= 0.3 is 5.97 Å². The maximum Gasteiger partial charge on any atom is 0.308 e. The van der Waals surface area contributed by atoms with Crippen molar-refractivity contribution in [3.05, 3.63) is 63.5 Å². The van der Waals surface area contributed by atoms with Crippen molar-refractivity contribution >= 4 is 5.97 Å². The number of esters is 1. The molecule has 1 aliphatic carbocycles. The molecule has 2 atom stereocenters. The molecule has 5 nitrogen and oxygen atoms in total. The number of fused-ring (bicyclic) bond motifs is 2. The summed E-state index contributed by atoms with van der Waals surface area (Å²) in [4.78, 5) is 16.7. The lowest BCUT2D eigenvalue weighted by atomic mass is 9.84. The average Bonchev–Trinajstić information content (AvgIpc) is 2.78. The van der Waals surface area contributed by atoms with Gasteiger partial charge in [-0.3, -0.25) is 9.78 Å². The first-order valence-corrected chi connectivity index (χ1v) is 12.2. The topological polar surface area (TPSA) is 57.7 Å². The smallest absolute Gasteiger partial charge is 0.308 e. The number of methoxy groups -OCH3 is 1. The lowest BCUT2D eigenvalue weighted by Crippen LogP contribution is -2.45. The number of aryl methyl sites for hydroxylation is 1. The molecule has 1 fully saturated rings. The highest BCUT2D eigenvalue weighted by molar-refractivity contribution is 5.69. The largest absolute Gasteiger partial charge is 0.469 e. The highest BCUT2D eigenvalue weighted by Gasteiger charge is 2.36. The maximum atomic E-state index is 11.7. The van der Waals surface area contributed by atoms with Crippen LogP contribution in [0.5, 0.6) is 0 Å². The third-order valence-electron chi connectivity index (χ3n) is 6.60. The zero-order chi connectivity index (χ0) is 24.2. The van der Waals surface area contributed by atoms with Gasteiger partial charge in [-0.15, -0.1) is 0 Å². The molecule has 0 bridgehead atoms. The molecule has 33 heavy (non-hydrogen) atoms. The highest BCUT2D eigenvalue weighted by atomic mass is 16.7. The lowest BCUT2D eigenvalue weighted by molar-refractivity contribution is -0.300. The van der Waals surface area contributed by atoms with Gasteiger partial charge in [-0.05, 0) is 74.8 Å². The van der Waals surface area contributed by atoms with Gasteiger partial charge in [-0.2, -0.15) is 0 Å². The van der Waals surface area contributed by atoms with Crippen molar-refractivity contribution < 1.29 is 19.0 Å². The summed E-state index contributed by atoms with van der Waals surface area (Å²) < 4.78 is 17.0. The summed E-state index contributed by atoms with van der Waals surface area (Å²) in [6.45, 7) is 12.2. The van der Waals surface area contributed by atoms with Gasteiger partial charge in [0, 0.05) is 24.2 Å². The first-order chi connectivity index (χ1) is 15.8. The molecule has 1 aliphatic heterocycles. The molecule has 1 aromatic carbocycles. The van der Waals surface area contributed by atoms with Gasteiger partial charge in [0.1, 0.15) is 0 Å². The molecule has 0 N–H and O–H groups in total. The second-order valence-corrected chi connectivity index (χ2v) is 9.28. The van der Waals surface area contributed by atoms with Crippen molar-refractivity contribution in [2.75, 3.05) is 7.11 Å². The van der Waals surface area contributed by atoms with Crippen LogP contribution in [0.15, 0.2) is 24.3 Å². The molecule has 0 radical (unpaired) electrons. The number of hydrogen-bond donors (Lipinski definition) is 0. The number of carbonyl (C=O) groups is 1. The van der Waals surface area contributed by atoms with E-state index in [4.69, 9.17) is 19.2 Å². The quantitative estimate of drug-likeness (QED) is 0.469. The number of rotatable bonds is 5. The number of benzene rings is 1. The summed E-state index contributed by atoms with van der Waals surface area (Å²) in [5, 5.41) is 0. The predicted octanol–water partition coefficient (Wildman–Crippen LogP) is 5.63. The van der Waals surface area contributed by atoms with Crippen LogP contribution in [-0.4, -0.2) is 36.1 Å². The maximum absolute atomic E-state index is 11.7. The normalized spacial score (nSPS) is 20.7. The van der Waals surface area contributed by atoms with Crippen molar-refractivity contribution in [2.45, 2.75) is 98.1 Å². The van der Waals surface area contributed by atoms with E-state index in [0.717, 1.165) is 31.4 Å². The molecule has 2 unspecified atom stereocenters. The van der Waals surface area contributed by atoms with Gasteiger partial charge in [-0.1, -0.05) is 38.1 Å². The fraction of sp³-hybridized carbons (Fsp3) is 0.571. The van der Waals surface area contributed by atoms with Crippen LogP contribution in [0, 0.1) is 13.8 Å². The number of aromatic nitrogens is 1. The van der Waals surface area contributed by atoms with E-state index in [-0.39, 0.29) is 24.6 Å². The van der Waals surface area contributed by atoms with E-state index in [1.165, 1.54) is 40.6 Å². The molecule has 4 rings (SSSR count). The van der Waals surface area contributed by atoms with Crippen LogP contribution in [0.1, 0.15) is 86.2 Å². The molecular formula is C28H39NO4. The molecule has 0 spiro atoms. The van der Waals surface area contributed by atoms with Crippen LogP contribution in [0.4, 0.5) is 0 Å². The Kier molecular flexibility index (Phi) is 8.30. The average molecular weight is 454 g/mol. The molecule has 2 heterocycles. The van der Waals surface area contributed by atoms with Gasteiger partial charge in [0.25, 0.3) is 0 Å². The third-order valence-corrected chi connectivity index (χ3v) is 6.60. The molecule has 2 aromatic rings. The van der Waals surface area contributed by atoms with E-state index in [1.54, 1.807) is 0 Å². The first kappa shape index (κ1) is 25.4. The van der Waals surface area contributed by atoms with Crippen molar-refractivity contribution in [2.24, 2.45) is 0 Å². The summed E-state index contributed by atoms with van der Waals surface area (Å²) in [7, 11) is 1.41. The van der Waals surface area contributed by atoms with Gasteiger partial charge in [0.05, 0.1) is 25.7 Å². The predicted molar refractivity (Wildman–Crippen MR) is 131 cm³/mol. The standard InChI is InChI=1S/C26H33NO4.C2H6/c1-16-22(11-10-20-14-21(15-25(28)29-5)31-26(3,4)30-20)17(2)27-24-13-19-9-7-6-8-18(19)12-23(16)24;1-2/h6-9,20-21H,10-15H2,1-5H3;1-2H3. The van der Waals surface area contributed by atoms with Crippen LogP contribution in [0.25, 0.3) is 0 Å². The number of carbonyl (C=O) groups excluding carboxylic acids is 1. The van der Waals surface area contributed by atoms with E-state index in [1.807, 2.05) is 27.7 Å². The Hall–Kier alpha value is -2.24. The monoisotopic (exact) mass is 453 g/mol. The summed E-state index contributed by atoms with van der Waals surface area (Å²) >= 11 is 0. The zero-order valence-electron chi connectivity index (χ0n) is 21.3. The number of hydrogen-bond acceptors (Lipinski definition) is 5. The van der Waals surface area contributed by atoms with Crippen molar-refractivity contribution in [3.8, 4) is 0 Å². The molecule has 1 saturated heterocycles. The molecule has 180 valence electrons. The van der Waals surface area contributed by atoms with E-state index in [0.29, 0.717) is 6.42 Å². The van der Waals surface area contributed by atoms with Gasteiger partial charge in [0.15, 0.2) is 5.79 Å². The fourth-order valence-corrected chi connectivity index (χ4v) is 5.13. The van der Waals surface area contributed by atoms with Crippen LogP contribution >= 0.6 is 0 Å². The van der Waals surface area contributed by atoms with Crippen LogP contribution in [0.2, 0.25) is 0 Å². The Morgan fingerprint density at radius 3 is 2.39 bits per heavy atom. The minimum absolute atomic E-state index is 0.0361. The Bertz CT molecular complexity index is 982. The van der Waals surface area contributed by atoms with Crippen LogP contribution in [0.3, 0.4) is 0 Å². The van der Waals surface area contributed by atoms with E-state index in [2.05, 4.69) is 38.1 Å². The Labute approximate surface area is 198 Å². The highest BCUT2D eigenvalue weighted by Crippen LogP contribution is 2.33. The first-order valence-electron chi connectivity index (χ1n) is 12.2. The molecule has 1 aromatic heterocycles. The molecular weight excluding hydrogens is 414 g/mol. The minimum Gasteiger partial charge on any atom is -0.469 e. The van der Waals surface area contributed by atoms with Crippen molar-refractivity contribution in [1.82, 2.24) is 4.98 Å². The number of ether oxygens (including phenoxy) is 3.